The van der Waals surface area contributed by atoms with E-state index >= 15 is 0 Å². The van der Waals surface area contributed by atoms with Crippen molar-refractivity contribution in [3.05, 3.63) is 29.8 Å². The minimum atomic E-state index is -0.637. The summed E-state index contributed by atoms with van der Waals surface area (Å²) < 4.78 is 5.36. The summed E-state index contributed by atoms with van der Waals surface area (Å²) in [7, 11) is 0. The number of amides is 1. The summed E-state index contributed by atoms with van der Waals surface area (Å²) in [4.78, 5) is 12.0. The molecule has 4 nitrogen and oxygen atoms in total. The highest BCUT2D eigenvalue weighted by molar-refractivity contribution is 5.79. The summed E-state index contributed by atoms with van der Waals surface area (Å²) in [5.74, 6) is 0.721. The zero-order valence-corrected chi connectivity index (χ0v) is 11.8. The van der Waals surface area contributed by atoms with Gasteiger partial charge in [-0.05, 0) is 50.3 Å². The molecule has 1 aliphatic carbocycles. The summed E-state index contributed by atoms with van der Waals surface area (Å²) >= 11 is 0. The van der Waals surface area contributed by atoms with Crippen molar-refractivity contribution in [3.8, 4) is 11.8 Å². The zero-order chi connectivity index (χ0) is 14.4. The number of carbonyl (C=O) groups is 1. The lowest BCUT2D eigenvalue weighted by Crippen LogP contribution is -2.45. The van der Waals surface area contributed by atoms with Gasteiger partial charge in [0.15, 0.2) is 0 Å². The van der Waals surface area contributed by atoms with E-state index in [4.69, 9.17) is 4.74 Å². The smallest absolute Gasteiger partial charge is 0.225 e. The molecule has 0 spiro atoms. The van der Waals surface area contributed by atoms with Gasteiger partial charge in [-0.2, -0.15) is 5.26 Å². The van der Waals surface area contributed by atoms with Gasteiger partial charge in [0.05, 0.1) is 19.1 Å². The lowest BCUT2D eigenvalue weighted by atomic mass is 9.99. The number of nitrogens with zero attached hydrogens (tertiary/aromatic N) is 1. The number of benzene rings is 1. The third-order valence-electron chi connectivity index (χ3n) is 3.65. The average molecular weight is 272 g/mol. The summed E-state index contributed by atoms with van der Waals surface area (Å²) in [6, 6.07) is 9.77. The van der Waals surface area contributed by atoms with Crippen molar-refractivity contribution in [2.75, 3.05) is 6.61 Å². The van der Waals surface area contributed by atoms with Crippen LogP contribution in [-0.4, -0.2) is 18.1 Å². The Hall–Kier alpha value is -2.02. The number of nitriles is 1. The molecule has 0 bridgehead atoms. The molecule has 1 amide bonds. The molecule has 2 rings (SSSR count). The standard InChI is InChI=1S/C16H20N2O2/c1-2-20-14-7-5-13(6-8-14)11-15(19)18-16(12-17)9-3-4-10-16/h5-8H,2-4,9-11H2,1H3,(H,18,19). The maximum atomic E-state index is 12.0. The van der Waals surface area contributed by atoms with Crippen LogP contribution < -0.4 is 10.1 Å². The number of carbonyl (C=O) groups excluding carboxylic acids is 1. The van der Waals surface area contributed by atoms with Crippen molar-refractivity contribution < 1.29 is 9.53 Å². The van der Waals surface area contributed by atoms with Gasteiger partial charge in [0, 0.05) is 0 Å². The maximum Gasteiger partial charge on any atom is 0.225 e. The first kappa shape index (κ1) is 14.4. The Morgan fingerprint density at radius 2 is 2.00 bits per heavy atom. The first-order chi connectivity index (χ1) is 9.67. The van der Waals surface area contributed by atoms with Gasteiger partial charge in [0.2, 0.25) is 5.91 Å². The monoisotopic (exact) mass is 272 g/mol. The van der Waals surface area contributed by atoms with E-state index in [-0.39, 0.29) is 5.91 Å². The van der Waals surface area contributed by atoms with Crippen LogP contribution in [0.15, 0.2) is 24.3 Å². The Bertz CT molecular complexity index is 496. The van der Waals surface area contributed by atoms with Crippen LogP contribution in [0.2, 0.25) is 0 Å². The third kappa shape index (κ3) is 3.51. The molecule has 4 heteroatoms. The topological polar surface area (TPSA) is 62.1 Å². The van der Waals surface area contributed by atoms with E-state index in [2.05, 4.69) is 11.4 Å². The summed E-state index contributed by atoms with van der Waals surface area (Å²) in [5.41, 5.74) is 0.291. The molecule has 0 heterocycles. The van der Waals surface area contributed by atoms with Crippen molar-refractivity contribution in [2.24, 2.45) is 0 Å². The average Bonchev–Trinajstić information content (AvgIpc) is 2.90. The molecule has 1 aromatic rings. The van der Waals surface area contributed by atoms with E-state index in [0.717, 1.165) is 37.0 Å². The molecular formula is C16H20N2O2. The van der Waals surface area contributed by atoms with E-state index in [1.165, 1.54) is 0 Å². The van der Waals surface area contributed by atoms with E-state index in [0.29, 0.717) is 13.0 Å². The van der Waals surface area contributed by atoms with Gasteiger partial charge in [-0.25, -0.2) is 0 Å². The second kappa shape index (κ2) is 6.42. The molecule has 1 N–H and O–H groups in total. The van der Waals surface area contributed by atoms with E-state index < -0.39 is 5.54 Å². The van der Waals surface area contributed by atoms with Crippen LogP contribution in [-0.2, 0) is 11.2 Å². The first-order valence-electron chi connectivity index (χ1n) is 7.11. The first-order valence-corrected chi connectivity index (χ1v) is 7.11. The second-order valence-electron chi connectivity index (χ2n) is 5.20. The number of rotatable bonds is 5. The Morgan fingerprint density at radius 3 is 2.55 bits per heavy atom. The number of hydrogen-bond acceptors (Lipinski definition) is 3. The molecule has 1 fully saturated rings. The normalized spacial score (nSPS) is 16.4. The molecule has 0 radical (unpaired) electrons. The maximum absolute atomic E-state index is 12.0. The van der Waals surface area contributed by atoms with Gasteiger partial charge >= 0.3 is 0 Å². The summed E-state index contributed by atoms with van der Waals surface area (Å²) in [5, 5.41) is 12.1. The Morgan fingerprint density at radius 1 is 1.35 bits per heavy atom. The fraction of sp³-hybridized carbons (Fsp3) is 0.500. The molecule has 20 heavy (non-hydrogen) atoms. The number of ether oxygens (including phenoxy) is 1. The Balaban J connectivity index is 1.92. The Kier molecular flexibility index (Phi) is 4.62. The van der Waals surface area contributed by atoms with Crippen LogP contribution in [0.4, 0.5) is 0 Å². The molecule has 0 saturated heterocycles. The van der Waals surface area contributed by atoms with Crippen molar-refractivity contribution in [1.29, 1.82) is 5.26 Å². The SMILES string of the molecule is CCOc1ccc(CC(=O)NC2(C#N)CCCC2)cc1. The minimum Gasteiger partial charge on any atom is -0.494 e. The highest BCUT2D eigenvalue weighted by atomic mass is 16.5. The molecule has 0 atom stereocenters. The molecule has 106 valence electrons. The van der Waals surface area contributed by atoms with E-state index in [1.54, 1.807) is 0 Å². The summed E-state index contributed by atoms with van der Waals surface area (Å²) in [6.45, 7) is 2.56. The van der Waals surface area contributed by atoms with E-state index in [1.807, 2.05) is 31.2 Å². The lowest BCUT2D eigenvalue weighted by Gasteiger charge is -2.21. The van der Waals surface area contributed by atoms with Crippen molar-refractivity contribution >= 4 is 5.91 Å². The van der Waals surface area contributed by atoms with Crippen molar-refractivity contribution in [2.45, 2.75) is 44.6 Å². The van der Waals surface area contributed by atoms with Crippen LogP contribution >= 0.6 is 0 Å². The van der Waals surface area contributed by atoms with Crippen LogP contribution in [0, 0.1) is 11.3 Å². The van der Waals surface area contributed by atoms with Crippen LogP contribution in [0.3, 0.4) is 0 Å². The van der Waals surface area contributed by atoms with Crippen LogP contribution in [0.1, 0.15) is 38.2 Å². The largest absolute Gasteiger partial charge is 0.494 e. The number of hydrogen-bond donors (Lipinski definition) is 1. The van der Waals surface area contributed by atoms with Gasteiger partial charge in [-0.3, -0.25) is 4.79 Å². The van der Waals surface area contributed by atoms with Gasteiger partial charge in [0.1, 0.15) is 11.3 Å². The molecule has 0 aromatic heterocycles. The van der Waals surface area contributed by atoms with Gasteiger partial charge in [0.25, 0.3) is 0 Å². The molecule has 1 aromatic carbocycles. The zero-order valence-electron chi connectivity index (χ0n) is 11.8. The predicted octanol–water partition coefficient (Wildman–Crippen LogP) is 2.58. The highest BCUT2D eigenvalue weighted by Gasteiger charge is 2.35. The molecular weight excluding hydrogens is 252 g/mol. The van der Waals surface area contributed by atoms with E-state index in [9.17, 15) is 10.1 Å². The van der Waals surface area contributed by atoms with Gasteiger partial charge < -0.3 is 10.1 Å². The molecule has 0 aliphatic heterocycles. The van der Waals surface area contributed by atoms with Crippen LogP contribution in [0.5, 0.6) is 5.75 Å². The quantitative estimate of drug-likeness (QED) is 0.896. The van der Waals surface area contributed by atoms with Crippen molar-refractivity contribution in [3.63, 3.8) is 0 Å². The minimum absolute atomic E-state index is 0.0855. The van der Waals surface area contributed by atoms with Crippen LogP contribution in [0.25, 0.3) is 0 Å². The predicted molar refractivity (Wildman–Crippen MR) is 76.3 cm³/mol. The third-order valence-corrected chi connectivity index (χ3v) is 3.65. The van der Waals surface area contributed by atoms with Crippen molar-refractivity contribution in [1.82, 2.24) is 5.32 Å². The molecule has 1 aliphatic rings. The fourth-order valence-electron chi connectivity index (χ4n) is 2.61. The van der Waals surface area contributed by atoms with Gasteiger partial charge in [-0.1, -0.05) is 12.1 Å². The number of nitrogens with one attached hydrogen (secondary N) is 1. The highest BCUT2D eigenvalue weighted by Crippen LogP contribution is 2.28. The second-order valence-corrected chi connectivity index (χ2v) is 5.20. The molecule has 0 unspecified atom stereocenters. The fourth-order valence-corrected chi connectivity index (χ4v) is 2.61. The Labute approximate surface area is 119 Å². The molecule has 1 saturated carbocycles. The van der Waals surface area contributed by atoms with Gasteiger partial charge in [-0.15, -0.1) is 0 Å². The summed E-state index contributed by atoms with van der Waals surface area (Å²) in [6.07, 6.45) is 3.85. The lowest BCUT2D eigenvalue weighted by molar-refractivity contribution is -0.121.